The lowest BCUT2D eigenvalue weighted by molar-refractivity contribution is -0.274. The Kier molecular flexibility index (Phi) is 6.23. The normalized spacial score (nSPS) is 17.2. The van der Waals surface area contributed by atoms with Gasteiger partial charge in [0.05, 0.1) is 4.88 Å². The zero-order chi connectivity index (χ0) is 20.1. The maximum absolute atomic E-state index is 12.7. The van der Waals surface area contributed by atoms with Gasteiger partial charge >= 0.3 is 6.36 Å². The molecule has 9 heteroatoms. The highest BCUT2D eigenvalue weighted by atomic mass is 32.1. The third kappa shape index (κ3) is 5.03. The average Bonchev–Trinajstić information content (AvgIpc) is 3.20. The number of para-hydroxylation sites is 1. The SMILES string of the molecule is O=C(NCc1ccccc1OC(F)(F)F)C1CCCCN1C(=O)c1cccs1. The van der Waals surface area contributed by atoms with Crippen LogP contribution in [-0.2, 0) is 11.3 Å². The molecule has 3 rings (SSSR count). The molecule has 0 saturated carbocycles. The molecule has 1 aromatic heterocycles. The summed E-state index contributed by atoms with van der Waals surface area (Å²) in [5, 5.41) is 4.44. The number of alkyl halides is 3. The molecule has 1 aromatic carbocycles. The molecule has 150 valence electrons. The molecule has 28 heavy (non-hydrogen) atoms. The van der Waals surface area contributed by atoms with Gasteiger partial charge in [0.25, 0.3) is 5.91 Å². The lowest BCUT2D eigenvalue weighted by Crippen LogP contribution is -2.51. The first kappa shape index (κ1) is 20.2. The molecule has 5 nitrogen and oxygen atoms in total. The monoisotopic (exact) mass is 412 g/mol. The van der Waals surface area contributed by atoms with Crippen LogP contribution in [0.1, 0.15) is 34.5 Å². The second kappa shape index (κ2) is 8.64. The number of nitrogens with one attached hydrogen (secondary N) is 1. The number of hydrogen-bond acceptors (Lipinski definition) is 4. The second-order valence-electron chi connectivity index (χ2n) is 6.36. The van der Waals surface area contributed by atoms with E-state index in [1.165, 1.54) is 29.5 Å². The van der Waals surface area contributed by atoms with Crippen molar-refractivity contribution < 1.29 is 27.5 Å². The molecular weight excluding hydrogens is 393 g/mol. The van der Waals surface area contributed by atoms with Crippen LogP contribution in [0, 0.1) is 0 Å². The minimum Gasteiger partial charge on any atom is -0.405 e. The highest BCUT2D eigenvalue weighted by Crippen LogP contribution is 2.26. The van der Waals surface area contributed by atoms with Crippen LogP contribution >= 0.6 is 11.3 Å². The largest absolute Gasteiger partial charge is 0.573 e. The van der Waals surface area contributed by atoms with Crippen molar-refractivity contribution in [1.82, 2.24) is 10.2 Å². The number of amides is 2. The van der Waals surface area contributed by atoms with E-state index in [-0.39, 0.29) is 29.7 Å². The van der Waals surface area contributed by atoms with Gasteiger partial charge in [-0.1, -0.05) is 24.3 Å². The first-order chi connectivity index (χ1) is 13.3. The van der Waals surface area contributed by atoms with E-state index in [0.29, 0.717) is 17.8 Å². The number of hydrogen-bond donors (Lipinski definition) is 1. The summed E-state index contributed by atoms with van der Waals surface area (Å²) in [5.41, 5.74) is 0.208. The van der Waals surface area contributed by atoms with Crippen LogP contribution < -0.4 is 10.1 Å². The maximum atomic E-state index is 12.7. The highest BCUT2D eigenvalue weighted by Gasteiger charge is 2.34. The van der Waals surface area contributed by atoms with Crippen LogP contribution in [0.3, 0.4) is 0 Å². The van der Waals surface area contributed by atoms with Crippen LogP contribution in [0.2, 0.25) is 0 Å². The number of benzene rings is 1. The molecule has 2 aromatic rings. The summed E-state index contributed by atoms with van der Waals surface area (Å²) < 4.78 is 41.6. The van der Waals surface area contributed by atoms with Gasteiger partial charge in [0.15, 0.2) is 0 Å². The minimum atomic E-state index is -4.81. The van der Waals surface area contributed by atoms with E-state index < -0.39 is 12.4 Å². The topological polar surface area (TPSA) is 58.6 Å². The Bertz CT molecular complexity index is 824. The fraction of sp³-hybridized carbons (Fsp3) is 0.368. The number of ether oxygens (including phenoxy) is 1. The Balaban J connectivity index is 1.68. The first-order valence-electron chi connectivity index (χ1n) is 8.81. The number of carbonyl (C=O) groups excluding carboxylic acids is 2. The van der Waals surface area contributed by atoms with Gasteiger partial charge in [-0.2, -0.15) is 0 Å². The number of nitrogens with zero attached hydrogens (tertiary/aromatic N) is 1. The number of likely N-dealkylation sites (tertiary alicyclic amines) is 1. The molecule has 1 N–H and O–H groups in total. The van der Waals surface area contributed by atoms with E-state index in [1.807, 2.05) is 0 Å². The molecule has 2 heterocycles. The number of piperidine rings is 1. The molecule has 0 bridgehead atoms. The van der Waals surface area contributed by atoms with Crippen molar-refractivity contribution >= 4 is 23.2 Å². The van der Waals surface area contributed by atoms with Crippen molar-refractivity contribution in [3.63, 3.8) is 0 Å². The lowest BCUT2D eigenvalue weighted by atomic mass is 10.0. The van der Waals surface area contributed by atoms with Crippen molar-refractivity contribution in [2.45, 2.75) is 38.2 Å². The molecule has 1 aliphatic rings. The van der Waals surface area contributed by atoms with E-state index in [0.717, 1.165) is 12.8 Å². The van der Waals surface area contributed by atoms with Crippen LogP contribution in [0.4, 0.5) is 13.2 Å². The van der Waals surface area contributed by atoms with Crippen molar-refractivity contribution in [1.29, 1.82) is 0 Å². The molecule has 0 spiro atoms. The van der Waals surface area contributed by atoms with Crippen LogP contribution in [0.15, 0.2) is 41.8 Å². The number of halogens is 3. The third-order valence-corrected chi connectivity index (χ3v) is 5.31. The van der Waals surface area contributed by atoms with Gasteiger partial charge in [-0.3, -0.25) is 9.59 Å². The van der Waals surface area contributed by atoms with E-state index >= 15 is 0 Å². The summed E-state index contributed by atoms with van der Waals surface area (Å²) in [6.07, 6.45) is -2.68. The Morgan fingerprint density at radius 3 is 2.68 bits per heavy atom. The van der Waals surface area contributed by atoms with E-state index in [4.69, 9.17) is 0 Å². The standard InChI is InChI=1S/C19H19F3N2O3S/c20-19(21,22)27-15-8-2-1-6-13(15)12-23-17(25)14-7-3-4-10-24(14)18(26)16-9-5-11-28-16/h1-2,5-6,8-9,11,14H,3-4,7,10,12H2,(H,23,25). The maximum Gasteiger partial charge on any atom is 0.573 e. The minimum absolute atomic E-state index is 0.122. The second-order valence-corrected chi connectivity index (χ2v) is 7.31. The third-order valence-electron chi connectivity index (χ3n) is 4.45. The average molecular weight is 412 g/mol. The van der Waals surface area contributed by atoms with Crippen molar-refractivity contribution in [2.24, 2.45) is 0 Å². The molecule has 2 amide bonds. The fourth-order valence-electron chi connectivity index (χ4n) is 3.16. The Morgan fingerprint density at radius 2 is 1.96 bits per heavy atom. The van der Waals surface area contributed by atoms with Crippen LogP contribution in [-0.4, -0.2) is 35.7 Å². The lowest BCUT2D eigenvalue weighted by Gasteiger charge is -2.34. The van der Waals surface area contributed by atoms with Crippen LogP contribution in [0.25, 0.3) is 0 Å². The molecule has 0 radical (unpaired) electrons. The summed E-state index contributed by atoms with van der Waals surface area (Å²) in [4.78, 5) is 27.5. The van der Waals surface area contributed by atoms with Gasteiger partial charge in [-0.25, -0.2) is 0 Å². The predicted molar refractivity (Wildman–Crippen MR) is 98.0 cm³/mol. The predicted octanol–water partition coefficient (Wildman–Crippen LogP) is 3.96. The Hall–Kier alpha value is -2.55. The molecule has 1 aliphatic heterocycles. The quantitative estimate of drug-likeness (QED) is 0.809. The fourth-order valence-corrected chi connectivity index (χ4v) is 3.84. The summed E-state index contributed by atoms with van der Waals surface area (Å²) in [6.45, 7) is 0.352. The van der Waals surface area contributed by atoms with Gasteiger partial charge in [-0.05, 0) is 36.8 Å². The molecule has 0 aliphatic carbocycles. The summed E-state index contributed by atoms with van der Waals surface area (Å²) >= 11 is 1.31. The first-order valence-corrected chi connectivity index (χ1v) is 9.69. The number of rotatable bonds is 5. The zero-order valence-corrected chi connectivity index (χ0v) is 15.7. The number of thiophene rings is 1. The zero-order valence-electron chi connectivity index (χ0n) is 14.9. The Labute approximate surface area is 164 Å². The van der Waals surface area contributed by atoms with E-state index in [9.17, 15) is 22.8 Å². The van der Waals surface area contributed by atoms with Crippen molar-refractivity contribution in [3.05, 3.63) is 52.2 Å². The van der Waals surface area contributed by atoms with E-state index in [1.54, 1.807) is 28.5 Å². The highest BCUT2D eigenvalue weighted by molar-refractivity contribution is 7.12. The van der Waals surface area contributed by atoms with Gasteiger partial charge in [0.1, 0.15) is 11.8 Å². The molecule has 1 saturated heterocycles. The Morgan fingerprint density at radius 1 is 1.18 bits per heavy atom. The summed E-state index contributed by atoms with van der Waals surface area (Å²) in [7, 11) is 0. The van der Waals surface area contributed by atoms with Gasteiger partial charge in [0.2, 0.25) is 5.91 Å². The van der Waals surface area contributed by atoms with Crippen molar-refractivity contribution in [2.75, 3.05) is 6.54 Å². The van der Waals surface area contributed by atoms with Crippen molar-refractivity contribution in [3.8, 4) is 5.75 Å². The summed E-state index contributed by atoms with van der Waals surface area (Å²) in [5.74, 6) is -0.937. The number of carbonyl (C=O) groups is 2. The molecular formula is C19H19F3N2O3S. The van der Waals surface area contributed by atoms with E-state index in [2.05, 4.69) is 10.1 Å². The molecule has 1 atom stereocenters. The van der Waals surface area contributed by atoms with Gasteiger partial charge in [0, 0.05) is 18.7 Å². The molecule has 1 unspecified atom stereocenters. The van der Waals surface area contributed by atoms with Gasteiger partial charge in [-0.15, -0.1) is 24.5 Å². The summed E-state index contributed by atoms with van der Waals surface area (Å²) in [6, 6.07) is 8.49. The van der Waals surface area contributed by atoms with Crippen LogP contribution in [0.5, 0.6) is 5.75 Å². The smallest absolute Gasteiger partial charge is 0.405 e. The van der Waals surface area contributed by atoms with Gasteiger partial charge < -0.3 is 15.0 Å². The molecule has 1 fully saturated rings.